The van der Waals surface area contributed by atoms with Gasteiger partial charge in [-0.15, -0.1) is 0 Å². The average molecular weight is 412 g/mol. The predicted molar refractivity (Wildman–Crippen MR) is 132 cm³/mol. The molecule has 0 aliphatic carbocycles. The topological polar surface area (TPSA) is 52.0 Å². The molecule has 1 aromatic heterocycles. The van der Waals surface area contributed by atoms with Gasteiger partial charge >= 0.3 is 0 Å². The Morgan fingerprint density at radius 1 is 0.562 bits per heavy atom. The van der Waals surface area contributed by atoms with Gasteiger partial charge in [0.2, 0.25) is 5.89 Å². The van der Waals surface area contributed by atoms with Crippen LogP contribution in [-0.2, 0) is 0 Å². The normalized spacial score (nSPS) is 11.2. The van der Waals surface area contributed by atoms with Gasteiger partial charge in [0.25, 0.3) is 0 Å². The van der Waals surface area contributed by atoms with Crippen LogP contribution in [0.5, 0.6) is 0 Å². The van der Waals surface area contributed by atoms with Gasteiger partial charge in [0.15, 0.2) is 5.58 Å². The zero-order valence-corrected chi connectivity index (χ0v) is 17.3. The number of fused-ring (bicyclic) bond motifs is 2. The van der Waals surface area contributed by atoms with Crippen LogP contribution in [0.2, 0.25) is 0 Å². The number of nitrogen functional groups attached to an aromatic ring is 1. The van der Waals surface area contributed by atoms with Crippen LogP contribution < -0.4 is 5.73 Å². The number of rotatable bonds is 3. The molecule has 1 heterocycles. The molecular formula is C29H20N2O. The summed E-state index contributed by atoms with van der Waals surface area (Å²) in [5, 5.41) is 2.45. The summed E-state index contributed by atoms with van der Waals surface area (Å²) in [5.74, 6) is 0.611. The fourth-order valence-corrected chi connectivity index (χ4v) is 4.23. The third kappa shape index (κ3) is 3.12. The van der Waals surface area contributed by atoms with Gasteiger partial charge < -0.3 is 10.2 Å². The van der Waals surface area contributed by atoms with Crippen molar-refractivity contribution in [1.29, 1.82) is 0 Å². The van der Waals surface area contributed by atoms with Crippen LogP contribution in [0.1, 0.15) is 0 Å². The van der Waals surface area contributed by atoms with Crippen molar-refractivity contribution in [3.05, 3.63) is 109 Å². The SMILES string of the molecule is Nc1cc(-c2ccc3ccccc3c2)ccc1-c1cccc2oc(-c3ccccc3)nc12. The number of oxazole rings is 1. The molecule has 6 aromatic rings. The largest absolute Gasteiger partial charge is 0.436 e. The van der Waals surface area contributed by atoms with Crippen LogP contribution in [0.25, 0.3) is 55.6 Å². The minimum atomic E-state index is 0.611. The number of aromatic nitrogens is 1. The van der Waals surface area contributed by atoms with E-state index in [1.54, 1.807) is 0 Å². The molecule has 0 radical (unpaired) electrons. The Hall–Kier alpha value is -4.37. The van der Waals surface area contributed by atoms with Crippen molar-refractivity contribution in [3.8, 4) is 33.7 Å². The number of hydrogen-bond acceptors (Lipinski definition) is 3. The van der Waals surface area contributed by atoms with Gasteiger partial charge in [-0.3, -0.25) is 0 Å². The summed E-state index contributed by atoms with van der Waals surface area (Å²) >= 11 is 0. The first kappa shape index (κ1) is 18.4. The van der Waals surface area contributed by atoms with Gasteiger partial charge in [-0.1, -0.05) is 78.9 Å². The number of nitrogens with zero attached hydrogens (tertiary/aromatic N) is 1. The Bertz CT molecular complexity index is 1580. The second kappa shape index (κ2) is 7.40. The molecule has 152 valence electrons. The molecule has 0 bridgehead atoms. The summed E-state index contributed by atoms with van der Waals surface area (Å²) in [7, 11) is 0. The van der Waals surface area contributed by atoms with Crippen molar-refractivity contribution < 1.29 is 4.42 Å². The highest BCUT2D eigenvalue weighted by atomic mass is 16.3. The van der Waals surface area contributed by atoms with Gasteiger partial charge in [0.1, 0.15) is 5.52 Å². The summed E-state index contributed by atoms with van der Waals surface area (Å²) in [6.07, 6.45) is 0. The van der Waals surface area contributed by atoms with Crippen LogP contribution in [-0.4, -0.2) is 4.98 Å². The van der Waals surface area contributed by atoms with Crippen LogP contribution in [0, 0.1) is 0 Å². The van der Waals surface area contributed by atoms with Crippen LogP contribution in [0.15, 0.2) is 114 Å². The highest BCUT2D eigenvalue weighted by molar-refractivity contribution is 5.96. The lowest BCUT2D eigenvalue weighted by Gasteiger charge is -2.10. The summed E-state index contributed by atoms with van der Waals surface area (Å²) in [5.41, 5.74) is 13.9. The Morgan fingerprint density at radius 3 is 2.16 bits per heavy atom. The van der Waals surface area contributed by atoms with Crippen molar-refractivity contribution in [1.82, 2.24) is 4.98 Å². The molecule has 0 aliphatic rings. The molecular weight excluding hydrogens is 392 g/mol. The predicted octanol–water partition coefficient (Wildman–Crippen LogP) is 7.56. The first-order chi connectivity index (χ1) is 15.8. The van der Waals surface area contributed by atoms with Gasteiger partial charge in [0, 0.05) is 22.4 Å². The lowest BCUT2D eigenvalue weighted by Crippen LogP contribution is -1.92. The lowest BCUT2D eigenvalue weighted by molar-refractivity contribution is 0.620. The summed E-state index contributed by atoms with van der Waals surface area (Å²) in [6, 6.07) is 37.0. The van der Waals surface area contributed by atoms with Crippen molar-refractivity contribution >= 4 is 27.6 Å². The summed E-state index contributed by atoms with van der Waals surface area (Å²) in [4.78, 5) is 4.79. The minimum absolute atomic E-state index is 0.611. The number of hydrogen-bond donors (Lipinski definition) is 1. The maximum atomic E-state index is 6.55. The van der Waals surface area contributed by atoms with Crippen molar-refractivity contribution in [2.24, 2.45) is 0 Å². The Labute approximate surface area is 185 Å². The molecule has 0 unspecified atom stereocenters. The number of benzene rings is 5. The molecule has 6 rings (SSSR count). The molecule has 0 atom stereocenters. The van der Waals surface area contributed by atoms with E-state index in [0.717, 1.165) is 38.9 Å². The summed E-state index contributed by atoms with van der Waals surface area (Å²) < 4.78 is 6.04. The third-order valence-electron chi connectivity index (χ3n) is 5.86. The number of para-hydroxylation sites is 1. The van der Waals surface area contributed by atoms with E-state index in [-0.39, 0.29) is 0 Å². The molecule has 3 nitrogen and oxygen atoms in total. The monoisotopic (exact) mass is 412 g/mol. The molecule has 0 saturated heterocycles. The zero-order valence-electron chi connectivity index (χ0n) is 17.3. The van der Waals surface area contributed by atoms with E-state index >= 15 is 0 Å². The highest BCUT2D eigenvalue weighted by Gasteiger charge is 2.14. The van der Waals surface area contributed by atoms with E-state index in [4.69, 9.17) is 15.1 Å². The first-order valence-corrected chi connectivity index (χ1v) is 10.6. The second-order valence-electron chi connectivity index (χ2n) is 7.90. The lowest BCUT2D eigenvalue weighted by atomic mass is 9.96. The maximum absolute atomic E-state index is 6.55. The quantitative estimate of drug-likeness (QED) is 0.305. The van der Waals surface area contributed by atoms with Crippen molar-refractivity contribution in [3.63, 3.8) is 0 Å². The van der Waals surface area contributed by atoms with Crippen LogP contribution in [0.4, 0.5) is 5.69 Å². The van der Waals surface area contributed by atoms with E-state index in [1.165, 1.54) is 10.8 Å². The van der Waals surface area contributed by atoms with E-state index in [0.29, 0.717) is 11.6 Å². The molecule has 0 amide bonds. The first-order valence-electron chi connectivity index (χ1n) is 10.6. The molecule has 0 aliphatic heterocycles. The standard InChI is InChI=1S/C29H20N2O/c30-26-18-23(22-14-13-19-7-4-5-10-21(19)17-22)15-16-24(26)25-11-6-12-27-28(25)31-29(32-27)20-8-2-1-3-9-20/h1-18H,30H2. The van der Waals surface area contributed by atoms with Gasteiger partial charge in [-0.2, -0.15) is 0 Å². The van der Waals surface area contributed by atoms with Crippen molar-refractivity contribution in [2.75, 3.05) is 5.73 Å². The van der Waals surface area contributed by atoms with E-state index in [9.17, 15) is 0 Å². The summed E-state index contributed by atoms with van der Waals surface area (Å²) in [6.45, 7) is 0. The van der Waals surface area contributed by atoms with Crippen LogP contribution >= 0.6 is 0 Å². The molecule has 3 heteroatoms. The van der Waals surface area contributed by atoms with Crippen molar-refractivity contribution in [2.45, 2.75) is 0 Å². The number of anilines is 1. The fourth-order valence-electron chi connectivity index (χ4n) is 4.23. The average Bonchev–Trinajstić information content (AvgIpc) is 3.29. The van der Waals surface area contributed by atoms with E-state index < -0.39 is 0 Å². The van der Waals surface area contributed by atoms with Gasteiger partial charge in [-0.25, -0.2) is 4.98 Å². The molecule has 5 aromatic carbocycles. The van der Waals surface area contributed by atoms with Gasteiger partial charge in [0.05, 0.1) is 0 Å². The number of nitrogens with two attached hydrogens (primary N) is 1. The third-order valence-corrected chi connectivity index (χ3v) is 5.86. The van der Waals surface area contributed by atoms with Gasteiger partial charge in [-0.05, 0) is 52.2 Å². The molecule has 0 saturated carbocycles. The fraction of sp³-hybridized carbons (Fsp3) is 0. The zero-order chi connectivity index (χ0) is 21.5. The molecule has 2 N–H and O–H groups in total. The molecule has 0 spiro atoms. The Kier molecular flexibility index (Phi) is 4.25. The van der Waals surface area contributed by atoms with E-state index in [2.05, 4.69) is 54.6 Å². The maximum Gasteiger partial charge on any atom is 0.227 e. The second-order valence-corrected chi connectivity index (χ2v) is 7.90. The Balaban J connectivity index is 1.44. The molecule has 32 heavy (non-hydrogen) atoms. The smallest absolute Gasteiger partial charge is 0.227 e. The van der Waals surface area contributed by atoms with Crippen LogP contribution in [0.3, 0.4) is 0 Å². The highest BCUT2D eigenvalue weighted by Crippen LogP contribution is 2.36. The van der Waals surface area contributed by atoms with E-state index in [1.807, 2.05) is 54.6 Å². The Morgan fingerprint density at radius 2 is 1.31 bits per heavy atom. The molecule has 0 fully saturated rings. The minimum Gasteiger partial charge on any atom is -0.436 e.